The number of carbonyl (C=O) groups excluding carboxylic acids is 4. The lowest BCUT2D eigenvalue weighted by Crippen LogP contribution is -2.57. The van der Waals surface area contributed by atoms with E-state index in [1.807, 2.05) is 0 Å². The summed E-state index contributed by atoms with van der Waals surface area (Å²) in [6, 6.07) is -5.23. The molecule has 13 N–H and O–H groups in total. The molecular formula is C21H39N7O8. The van der Waals surface area contributed by atoms with Crippen molar-refractivity contribution in [3.63, 3.8) is 0 Å². The van der Waals surface area contributed by atoms with Gasteiger partial charge in [-0.2, -0.15) is 0 Å². The van der Waals surface area contributed by atoms with Gasteiger partial charge in [-0.1, -0.05) is 6.42 Å². The summed E-state index contributed by atoms with van der Waals surface area (Å²) < 4.78 is 0. The van der Waals surface area contributed by atoms with Gasteiger partial charge in [-0.25, -0.2) is 4.79 Å². The van der Waals surface area contributed by atoms with Crippen LogP contribution in [0.3, 0.4) is 0 Å². The molecule has 0 fully saturated rings. The van der Waals surface area contributed by atoms with Gasteiger partial charge in [0.25, 0.3) is 0 Å². The Morgan fingerprint density at radius 3 is 1.67 bits per heavy atom. The van der Waals surface area contributed by atoms with Gasteiger partial charge in [-0.05, 0) is 51.6 Å². The number of carbonyl (C=O) groups is 6. The summed E-state index contributed by atoms with van der Waals surface area (Å²) in [6.45, 7) is 0.748. The first-order chi connectivity index (χ1) is 16.9. The van der Waals surface area contributed by atoms with Crippen LogP contribution < -0.4 is 38.9 Å². The number of carboxylic acid groups (broad SMARTS) is 2. The normalized spacial score (nSPS) is 14.1. The summed E-state index contributed by atoms with van der Waals surface area (Å²) in [6.07, 6.45) is 1.00. The van der Waals surface area contributed by atoms with E-state index in [2.05, 4.69) is 16.0 Å². The maximum Gasteiger partial charge on any atom is 0.326 e. The molecule has 0 bridgehead atoms. The molecule has 36 heavy (non-hydrogen) atoms. The molecule has 4 unspecified atom stereocenters. The Morgan fingerprint density at radius 2 is 1.17 bits per heavy atom. The smallest absolute Gasteiger partial charge is 0.326 e. The van der Waals surface area contributed by atoms with Crippen LogP contribution in [0.4, 0.5) is 0 Å². The maximum atomic E-state index is 12.9. The molecule has 0 saturated carbocycles. The average Bonchev–Trinajstić information content (AvgIpc) is 2.79. The highest BCUT2D eigenvalue weighted by Crippen LogP contribution is 2.06. The molecule has 0 aromatic carbocycles. The van der Waals surface area contributed by atoms with Crippen molar-refractivity contribution < 1.29 is 39.0 Å². The third-order valence-electron chi connectivity index (χ3n) is 5.19. The molecule has 206 valence electrons. The van der Waals surface area contributed by atoms with Crippen molar-refractivity contribution in [2.45, 2.75) is 82.0 Å². The van der Waals surface area contributed by atoms with Gasteiger partial charge in [0.2, 0.25) is 23.6 Å². The van der Waals surface area contributed by atoms with Crippen LogP contribution in [0.5, 0.6) is 0 Å². The summed E-state index contributed by atoms with van der Waals surface area (Å²) in [7, 11) is 0. The SMILES string of the molecule is NCCCCC(N)C(=O)NC(CCC(=O)O)C(=O)NC(CC(N)=O)C(=O)NC(CCCCN)C(=O)O. The number of amides is 4. The minimum atomic E-state index is -1.56. The number of carboxylic acids is 2. The third-order valence-corrected chi connectivity index (χ3v) is 5.19. The molecule has 0 aliphatic rings. The highest BCUT2D eigenvalue weighted by Gasteiger charge is 2.31. The molecule has 0 aromatic heterocycles. The molecule has 0 aromatic rings. The van der Waals surface area contributed by atoms with Crippen molar-refractivity contribution in [2.75, 3.05) is 13.1 Å². The van der Waals surface area contributed by atoms with E-state index in [4.69, 9.17) is 28.0 Å². The van der Waals surface area contributed by atoms with Gasteiger partial charge in [0.15, 0.2) is 0 Å². The van der Waals surface area contributed by atoms with E-state index in [0.717, 1.165) is 0 Å². The van der Waals surface area contributed by atoms with E-state index < -0.39 is 72.6 Å². The van der Waals surface area contributed by atoms with E-state index in [0.29, 0.717) is 38.8 Å². The van der Waals surface area contributed by atoms with Crippen LogP contribution in [0, 0.1) is 0 Å². The largest absolute Gasteiger partial charge is 0.481 e. The lowest BCUT2D eigenvalue weighted by atomic mass is 10.1. The molecule has 0 aliphatic carbocycles. The first-order valence-corrected chi connectivity index (χ1v) is 11.7. The predicted molar refractivity (Wildman–Crippen MR) is 128 cm³/mol. The summed E-state index contributed by atoms with van der Waals surface area (Å²) in [4.78, 5) is 72.0. The second-order valence-electron chi connectivity index (χ2n) is 8.30. The lowest BCUT2D eigenvalue weighted by Gasteiger charge is -2.24. The number of unbranched alkanes of at least 4 members (excludes halogenated alkanes) is 2. The number of nitrogens with two attached hydrogens (primary N) is 4. The van der Waals surface area contributed by atoms with Crippen LogP contribution in [0.15, 0.2) is 0 Å². The van der Waals surface area contributed by atoms with E-state index in [1.165, 1.54) is 0 Å². The molecule has 15 heteroatoms. The van der Waals surface area contributed by atoms with Gasteiger partial charge in [-0.3, -0.25) is 24.0 Å². The molecule has 0 radical (unpaired) electrons. The highest BCUT2D eigenvalue weighted by atomic mass is 16.4. The van der Waals surface area contributed by atoms with Crippen LogP contribution in [-0.4, -0.2) is 83.0 Å². The summed E-state index contributed by atoms with van der Waals surface area (Å²) >= 11 is 0. The number of primary amides is 1. The predicted octanol–water partition coefficient (Wildman–Crippen LogP) is -3.15. The number of nitrogens with one attached hydrogen (secondary N) is 3. The molecule has 0 spiro atoms. The first-order valence-electron chi connectivity index (χ1n) is 11.7. The summed E-state index contributed by atoms with van der Waals surface area (Å²) in [5, 5.41) is 25.2. The van der Waals surface area contributed by atoms with Gasteiger partial charge in [0, 0.05) is 6.42 Å². The Morgan fingerprint density at radius 1 is 0.667 bits per heavy atom. The molecule has 0 aliphatic heterocycles. The van der Waals surface area contributed by atoms with E-state index >= 15 is 0 Å². The van der Waals surface area contributed by atoms with E-state index in [-0.39, 0.29) is 19.3 Å². The zero-order valence-corrected chi connectivity index (χ0v) is 20.2. The molecule has 4 amide bonds. The van der Waals surface area contributed by atoms with Crippen LogP contribution >= 0.6 is 0 Å². The fraction of sp³-hybridized carbons (Fsp3) is 0.714. The first kappa shape index (κ1) is 32.7. The Balaban J connectivity index is 5.48. The van der Waals surface area contributed by atoms with Gasteiger partial charge in [0.05, 0.1) is 12.5 Å². The molecule has 15 nitrogen and oxygen atoms in total. The second-order valence-corrected chi connectivity index (χ2v) is 8.30. The topological polar surface area (TPSA) is 283 Å². The maximum absolute atomic E-state index is 12.9. The van der Waals surface area contributed by atoms with Crippen LogP contribution in [0.25, 0.3) is 0 Å². The van der Waals surface area contributed by atoms with E-state index in [9.17, 15) is 33.9 Å². The third kappa shape index (κ3) is 14.2. The average molecular weight is 518 g/mol. The van der Waals surface area contributed by atoms with E-state index in [1.54, 1.807) is 0 Å². The zero-order chi connectivity index (χ0) is 27.7. The van der Waals surface area contributed by atoms with Crippen molar-refractivity contribution in [2.24, 2.45) is 22.9 Å². The summed E-state index contributed by atoms with van der Waals surface area (Å²) in [5.74, 6) is -6.17. The zero-order valence-electron chi connectivity index (χ0n) is 20.2. The van der Waals surface area contributed by atoms with Gasteiger partial charge in [0.1, 0.15) is 18.1 Å². The Bertz CT molecular complexity index is 765. The molecular weight excluding hydrogens is 478 g/mol. The fourth-order valence-electron chi connectivity index (χ4n) is 3.16. The van der Waals surface area contributed by atoms with Crippen molar-refractivity contribution in [3.8, 4) is 0 Å². The van der Waals surface area contributed by atoms with Crippen LogP contribution in [0.1, 0.15) is 57.8 Å². The van der Waals surface area contributed by atoms with Crippen LogP contribution in [-0.2, 0) is 28.8 Å². The molecule has 0 rings (SSSR count). The molecule has 0 heterocycles. The monoisotopic (exact) mass is 517 g/mol. The minimum absolute atomic E-state index is 0.0643. The van der Waals surface area contributed by atoms with Crippen molar-refractivity contribution in [1.82, 2.24) is 16.0 Å². The molecule has 0 saturated heterocycles. The van der Waals surface area contributed by atoms with Crippen molar-refractivity contribution in [1.29, 1.82) is 0 Å². The summed E-state index contributed by atoms with van der Waals surface area (Å²) in [5.41, 5.74) is 21.8. The van der Waals surface area contributed by atoms with Gasteiger partial charge >= 0.3 is 11.9 Å². The van der Waals surface area contributed by atoms with Crippen molar-refractivity contribution >= 4 is 35.6 Å². The van der Waals surface area contributed by atoms with Crippen LogP contribution in [0.2, 0.25) is 0 Å². The Kier molecular flexibility index (Phi) is 16.4. The number of rotatable bonds is 20. The Hall–Kier alpha value is -3.30. The number of hydrogen-bond acceptors (Lipinski definition) is 9. The van der Waals surface area contributed by atoms with Gasteiger partial charge in [-0.15, -0.1) is 0 Å². The Labute approximate surface area is 209 Å². The fourth-order valence-corrected chi connectivity index (χ4v) is 3.16. The minimum Gasteiger partial charge on any atom is -0.481 e. The quantitative estimate of drug-likeness (QED) is 0.0726. The lowest BCUT2D eigenvalue weighted by molar-refractivity contribution is -0.142. The standard InChI is InChI=1S/C21H39N7O8/c22-9-3-1-5-12(24)18(32)26-13(7-8-17(30)31)19(33)28-15(11-16(25)29)20(34)27-14(21(35)36)6-2-4-10-23/h12-15H,1-11,22-24H2,(H2,25,29)(H,26,32)(H,27,34)(H,28,33)(H,30,31)(H,35,36). The molecule has 4 atom stereocenters. The number of aliphatic carboxylic acids is 2. The van der Waals surface area contributed by atoms with Crippen molar-refractivity contribution in [3.05, 3.63) is 0 Å². The number of hydrogen-bond donors (Lipinski definition) is 9. The van der Waals surface area contributed by atoms with Gasteiger partial charge < -0.3 is 49.1 Å². The second kappa shape index (κ2) is 18.0. The highest BCUT2D eigenvalue weighted by molar-refractivity contribution is 5.96.